The van der Waals surface area contributed by atoms with Crippen molar-refractivity contribution in [1.82, 2.24) is 4.90 Å². The van der Waals surface area contributed by atoms with Crippen LogP contribution in [0.3, 0.4) is 0 Å². The van der Waals surface area contributed by atoms with E-state index < -0.39 is 12.0 Å². The second kappa shape index (κ2) is 6.69. The van der Waals surface area contributed by atoms with Gasteiger partial charge in [0.2, 0.25) is 5.91 Å². The van der Waals surface area contributed by atoms with E-state index in [1.807, 2.05) is 5.38 Å². The topological polar surface area (TPSA) is 66.8 Å². The van der Waals surface area contributed by atoms with Crippen LogP contribution in [0.25, 0.3) is 0 Å². The Hall–Kier alpha value is -0.920. The Morgan fingerprint density at radius 3 is 2.85 bits per heavy atom. The van der Waals surface area contributed by atoms with Crippen molar-refractivity contribution in [1.29, 1.82) is 0 Å². The van der Waals surface area contributed by atoms with Crippen molar-refractivity contribution >= 4 is 39.1 Å². The maximum atomic E-state index is 11.9. The molecule has 1 N–H and O–H groups in total. The smallest absolute Gasteiger partial charge is 0.331 e. The minimum atomic E-state index is -1.02. The fraction of sp³-hybridized carbons (Fsp3) is 0.538. The fourth-order valence-corrected chi connectivity index (χ4v) is 3.85. The zero-order chi connectivity index (χ0) is 14.7. The van der Waals surface area contributed by atoms with Gasteiger partial charge < -0.3 is 14.7 Å². The lowest BCUT2D eigenvalue weighted by Gasteiger charge is -2.29. The number of carbonyl (C=O) groups excluding carboxylic acids is 1. The largest absolute Gasteiger partial charge is 0.479 e. The Kier molecular flexibility index (Phi) is 5.17. The SMILES string of the molecule is CC(=O)N(CC1CCCO1)C(C(=O)O)c1cc(Br)cs1. The third kappa shape index (κ3) is 3.59. The highest BCUT2D eigenvalue weighted by Gasteiger charge is 2.33. The summed E-state index contributed by atoms with van der Waals surface area (Å²) in [5.74, 6) is -1.27. The molecule has 0 saturated carbocycles. The van der Waals surface area contributed by atoms with Crippen LogP contribution in [0.1, 0.15) is 30.7 Å². The highest BCUT2D eigenvalue weighted by Crippen LogP contribution is 2.31. The van der Waals surface area contributed by atoms with Gasteiger partial charge in [-0.15, -0.1) is 11.3 Å². The van der Waals surface area contributed by atoms with Gasteiger partial charge in [-0.25, -0.2) is 4.79 Å². The number of hydrogen-bond donors (Lipinski definition) is 1. The molecular formula is C13H16BrNO4S. The van der Waals surface area contributed by atoms with Crippen LogP contribution < -0.4 is 0 Å². The van der Waals surface area contributed by atoms with Crippen molar-refractivity contribution < 1.29 is 19.4 Å². The van der Waals surface area contributed by atoms with Gasteiger partial charge in [-0.3, -0.25) is 4.79 Å². The molecule has 7 heteroatoms. The van der Waals surface area contributed by atoms with E-state index in [2.05, 4.69) is 15.9 Å². The van der Waals surface area contributed by atoms with Crippen molar-refractivity contribution in [3.63, 3.8) is 0 Å². The predicted octanol–water partition coefficient (Wildman–Crippen LogP) is 2.66. The number of aliphatic carboxylic acids is 1. The predicted molar refractivity (Wildman–Crippen MR) is 78.8 cm³/mol. The molecule has 0 aromatic carbocycles. The third-order valence-electron chi connectivity index (χ3n) is 3.23. The molecule has 20 heavy (non-hydrogen) atoms. The number of hydrogen-bond acceptors (Lipinski definition) is 4. The number of carbonyl (C=O) groups is 2. The molecule has 0 aliphatic carbocycles. The lowest BCUT2D eigenvalue weighted by molar-refractivity contribution is -0.150. The van der Waals surface area contributed by atoms with Gasteiger partial charge in [0.15, 0.2) is 6.04 Å². The Morgan fingerprint density at radius 2 is 2.40 bits per heavy atom. The van der Waals surface area contributed by atoms with Crippen LogP contribution in [0.4, 0.5) is 0 Å². The first-order valence-corrected chi connectivity index (χ1v) is 8.02. The lowest BCUT2D eigenvalue weighted by atomic mass is 10.1. The van der Waals surface area contributed by atoms with Crippen molar-refractivity contribution in [3.05, 3.63) is 20.8 Å². The van der Waals surface area contributed by atoms with Crippen LogP contribution in [0.15, 0.2) is 15.9 Å². The average Bonchev–Trinajstić information content (AvgIpc) is 2.99. The van der Waals surface area contributed by atoms with Crippen LogP contribution in [-0.2, 0) is 14.3 Å². The van der Waals surface area contributed by atoms with Gasteiger partial charge in [0, 0.05) is 34.8 Å². The van der Waals surface area contributed by atoms with Gasteiger partial charge in [0.25, 0.3) is 0 Å². The quantitative estimate of drug-likeness (QED) is 0.875. The number of carboxylic acids is 1. The van der Waals surface area contributed by atoms with Crippen molar-refractivity contribution in [3.8, 4) is 0 Å². The van der Waals surface area contributed by atoms with Gasteiger partial charge >= 0.3 is 5.97 Å². The van der Waals surface area contributed by atoms with E-state index in [0.717, 1.165) is 17.3 Å². The van der Waals surface area contributed by atoms with Gasteiger partial charge in [0.05, 0.1) is 6.10 Å². The second-order valence-electron chi connectivity index (χ2n) is 4.71. The molecule has 1 aromatic heterocycles. The first-order valence-electron chi connectivity index (χ1n) is 6.34. The highest BCUT2D eigenvalue weighted by atomic mass is 79.9. The zero-order valence-corrected chi connectivity index (χ0v) is 13.4. The second-order valence-corrected chi connectivity index (χ2v) is 6.57. The first kappa shape index (κ1) is 15.5. The summed E-state index contributed by atoms with van der Waals surface area (Å²) in [5, 5.41) is 11.3. The average molecular weight is 362 g/mol. The van der Waals surface area contributed by atoms with Crippen LogP contribution in [0, 0.1) is 0 Å². The molecule has 5 nitrogen and oxygen atoms in total. The standard InChI is InChI=1S/C13H16BrNO4S/c1-8(16)15(6-10-3-2-4-19-10)12(13(17)18)11-5-9(14)7-20-11/h5,7,10,12H,2-4,6H2,1H3,(H,17,18). The highest BCUT2D eigenvalue weighted by molar-refractivity contribution is 9.10. The molecule has 2 atom stereocenters. The molecule has 1 aliphatic rings. The summed E-state index contributed by atoms with van der Waals surface area (Å²) in [4.78, 5) is 25.5. The molecule has 2 heterocycles. The number of ether oxygens (including phenoxy) is 1. The minimum Gasteiger partial charge on any atom is -0.479 e. The summed E-state index contributed by atoms with van der Waals surface area (Å²) in [5.41, 5.74) is 0. The molecule has 1 aromatic rings. The third-order valence-corrected chi connectivity index (χ3v) is 4.98. The summed E-state index contributed by atoms with van der Waals surface area (Å²) in [6.45, 7) is 2.40. The van der Waals surface area contributed by atoms with E-state index >= 15 is 0 Å². The molecule has 110 valence electrons. The minimum absolute atomic E-state index is 0.0656. The zero-order valence-electron chi connectivity index (χ0n) is 11.0. The molecule has 1 saturated heterocycles. The van der Waals surface area contributed by atoms with Crippen molar-refractivity contribution in [2.75, 3.05) is 13.2 Å². The Labute approximate surface area is 129 Å². The molecule has 1 fully saturated rings. The van der Waals surface area contributed by atoms with Crippen LogP contribution >= 0.6 is 27.3 Å². The maximum absolute atomic E-state index is 11.9. The van der Waals surface area contributed by atoms with Gasteiger partial charge in [0.1, 0.15) is 0 Å². The molecule has 0 radical (unpaired) electrons. The Balaban J connectivity index is 2.22. The van der Waals surface area contributed by atoms with E-state index in [4.69, 9.17) is 4.74 Å². The molecule has 1 amide bonds. The van der Waals surface area contributed by atoms with Crippen molar-refractivity contribution in [2.45, 2.75) is 31.9 Å². The summed E-state index contributed by atoms with van der Waals surface area (Å²) in [7, 11) is 0. The number of amides is 1. The van der Waals surface area contributed by atoms with E-state index in [-0.39, 0.29) is 12.0 Å². The number of nitrogens with zero attached hydrogens (tertiary/aromatic N) is 1. The number of carboxylic acid groups (broad SMARTS) is 1. The number of thiophene rings is 1. The summed E-state index contributed by atoms with van der Waals surface area (Å²) >= 11 is 4.64. The normalized spacial score (nSPS) is 19.8. The van der Waals surface area contributed by atoms with E-state index in [1.54, 1.807) is 6.07 Å². The molecule has 1 aliphatic heterocycles. The Bertz CT molecular complexity index is 498. The van der Waals surface area contributed by atoms with Gasteiger partial charge in [-0.1, -0.05) is 0 Å². The molecular weight excluding hydrogens is 346 g/mol. The monoisotopic (exact) mass is 361 g/mol. The lowest BCUT2D eigenvalue weighted by Crippen LogP contribution is -2.41. The summed E-state index contributed by atoms with van der Waals surface area (Å²) in [6, 6.07) is 0.794. The maximum Gasteiger partial charge on any atom is 0.331 e. The first-order chi connectivity index (χ1) is 9.49. The molecule has 2 rings (SSSR count). The van der Waals surface area contributed by atoms with Crippen molar-refractivity contribution in [2.24, 2.45) is 0 Å². The van der Waals surface area contributed by atoms with E-state index in [9.17, 15) is 14.7 Å². The summed E-state index contributed by atoms with van der Waals surface area (Å²) in [6.07, 6.45) is 1.76. The number of halogens is 1. The molecule has 0 bridgehead atoms. The number of rotatable bonds is 5. The molecule has 0 spiro atoms. The van der Waals surface area contributed by atoms with Gasteiger partial charge in [-0.2, -0.15) is 0 Å². The van der Waals surface area contributed by atoms with E-state index in [0.29, 0.717) is 18.0 Å². The van der Waals surface area contributed by atoms with Crippen LogP contribution in [0.5, 0.6) is 0 Å². The fourth-order valence-electron chi connectivity index (χ4n) is 2.30. The molecule has 2 unspecified atom stereocenters. The Morgan fingerprint density at radius 1 is 1.65 bits per heavy atom. The van der Waals surface area contributed by atoms with Gasteiger partial charge in [-0.05, 0) is 34.8 Å². The van der Waals surface area contributed by atoms with Crippen LogP contribution in [0.2, 0.25) is 0 Å². The van der Waals surface area contributed by atoms with Crippen LogP contribution in [-0.4, -0.2) is 41.1 Å². The summed E-state index contributed by atoms with van der Waals surface area (Å²) < 4.78 is 6.34. The van der Waals surface area contributed by atoms with E-state index in [1.165, 1.54) is 23.2 Å².